The monoisotopic (exact) mass is 246 g/mol. The van der Waals surface area contributed by atoms with Gasteiger partial charge in [-0.05, 0) is 51.7 Å². The van der Waals surface area contributed by atoms with Gasteiger partial charge in [-0.3, -0.25) is 4.79 Å². The van der Waals surface area contributed by atoms with E-state index in [-0.39, 0.29) is 11.4 Å². The maximum atomic E-state index is 12.3. The lowest BCUT2D eigenvalue weighted by atomic mass is 9.98. The minimum atomic E-state index is -0.101. The summed E-state index contributed by atoms with van der Waals surface area (Å²) in [5, 5.41) is 6.38. The molecule has 0 heterocycles. The molecule has 18 heavy (non-hydrogen) atoms. The summed E-state index contributed by atoms with van der Waals surface area (Å²) >= 11 is 0. The number of hydrogen-bond acceptors (Lipinski definition) is 2. The van der Waals surface area contributed by atoms with Gasteiger partial charge in [0.05, 0.1) is 5.56 Å². The van der Waals surface area contributed by atoms with Gasteiger partial charge >= 0.3 is 0 Å². The van der Waals surface area contributed by atoms with E-state index in [4.69, 9.17) is 0 Å². The van der Waals surface area contributed by atoms with E-state index >= 15 is 0 Å². The van der Waals surface area contributed by atoms with Gasteiger partial charge < -0.3 is 10.6 Å². The Labute approximate surface area is 109 Å². The summed E-state index contributed by atoms with van der Waals surface area (Å²) in [6.45, 7) is 7.07. The zero-order chi connectivity index (χ0) is 13.2. The molecule has 0 saturated heterocycles. The molecule has 1 aliphatic rings. The molecular weight excluding hydrogens is 224 g/mol. The molecule has 0 aromatic heterocycles. The van der Waals surface area contributed by atoms with Crippen molar-refractivity contribution in [2.75, 3.05) is 11.9 Å². The maximum Gasteiger partial charge on any atom is 0.253 e. The fourth-order valence-electron chi connectivity index (χ4n) is 2.29. The number of carbonyl (C=O) groups excluding carboxylic acids is 1. The maximum absolute atomic E-state index is 12.3. The van der Waals surface area contributed by atoms with Gasteiger partial charge in [0.25, 0.3) is 5.91 Å². The zero-order valence-electron chi connectivity index (χ0n) is 11.4. The third-order valence-corrected chi connectivity index (χ3v) is 3.57. The van der Waals surface area contributed by atoms with Gasteiger partial charge in [0.15, 0.2) is 0 Å². The number of hydrogen-bond donors (Lipinski definition) is 2. The molecule has 0 bridgehead atoms. The molecular formula is C15H22N2O. The molecule has 1 saturated carbocycles. The average molecular weight is 246 g/mol. The van der Waals surface area contributed by atoms with Gasteiger partial charge in [0.1, 0.15) is 0 Å². The lowest BCUT2D eigenvalue weighted by Gasteiger charge is -2.26. The predicted octanol–water partition coefficient (Wildman–Crippen LogP) is 3.04. The van der Waals surface area contributed by atoms with Crippen molar-refractivity contribution in [3.63, 3.8) is 0 Å². The van der Waals surface area contributed by atoms with E-state index < -0.39 is 0 Å². The van der Waals surface area contributed by atoms with Crippen molar-refractivity contribution >= 4 is 11.6 Å². The number of nitrogens with one attached hydrogen (secondary N) is 2. The van der Waals surface area contributed by atoms with E-state index in [0.717, 1.165) is 17.8 Å². The summed E-state index contributed by atoms with van der Waals surface area (Å²) in [6, 6.07) is 7.67. The van der Waals surface area contributed by atoms with E-state index in [1.54, 1.807) is 0 Å². The molecule has 3 nitrogen and oxygen atoms in total. The predicted molar refractivity (Wildman–Crippen MR) is 74.9 cm³/mol. The van der Waals surface area contributed by atoms with E-state index in [9.17, 15) is 4.79 Å². The van der Waals surface area contributed by atoms with Crippen LogP contribution < -0.4 is 10.6 Å². The third-order valence-electron chi connectivity index (χ3n) is 3.57. The second-order valence-electron chi connectivity index (χ2n) is 5.53. The zero-order valence-corrected chi connectivity index (χ0v) is 11.4. The van der Waals surface area contributed by atoms with Crippen molar-refractivity contribution in [1.82, 2.24) is 5.32 Å². The molecule has 2 N–H and O–H groups in total. The Morgan fingerprint density at radius 3 is 2.61 bits per heavy atom. The third kappa shape index (κ3) is 2.84. The second-order valence-corrected chi connectivity index (χ2v) is 5.53. The van der Waals surface area contributed by atoms with Crippen LogP contribution >= 0.6 is 0 Å². The first-order chi connectivity index (χ1) is 8.54. The first-order valence-electron chi connectivity index (χ1n) is 6.70. The van der Waals surface area contributed by atoms with Crippen LogP contribution in [0, 0.1) is 5.92 Å². The first kappa shape index (κ1) is 12.9. The molecule has 2 rings (SSSR count). The van der Waals surface area contributed by atoms with Crippen LogP contribution in [0.15, 0.2) is 24.3 Å². The summed E-state index contributed by atoms with van der Waals surface area (Å²) in [5.41, 5.74) is 1.54. The Morgan fingerprint density at radius 1 is 1.33 bits per heavy atom. The van der Waals surface area contributed by atoms with E-state index in [0.29, 0.717) is 5.92 Å². The van der Waals surface area contributed by atoms with Crippen LogP contribution in [0.3, 0.4) is 0 Å². The lowest BCUT2D eigenvalue weighted by Crippen LogP contribution is -2.45. The smallest absolute Gasteiger partial charge is 0.253 e. The van der Waals surface area contributed by atoms with Crippen molar-refractivity contribution in [3.05, 3.63) is 29.8 Å². The van der Waals surface area contributed by atoms with E-state index in [2.05, 4.69) is 24.5 Å². The summed E-state index contributed by atoms with van der Waals surface area (Å²) in [5.74, 6) is 0.649. The Balaban J connectivity index is 2.13. The largest absolute Gasteiger partial charge is 0.385 e. The van der Waals surface area contributed by atoms with Crippen molar-refractivity contribution < 1.29 is 4.79 Å². The van der Waals surface area contributed by atoms with Crippen molar-refractivity contribution in [1.29, 1.82) is 0 Å². The molecule has 0 atom stereocenters. The summed E-state index contributed by atoms with van der Waals surface area (Å²) in [6.07, 6.45) is 2.45. The molecule has 0 unspecified atom stereocenters. The molecule has 1 aromatic carbocycles. The molecule has 98 valence electrons. The van der Waals surface area contributed by atoms with Crippen molar-refractivity contribution in [3.8, 4) is 0 Å². The molecule has 0 radical (unpaired) electrons. The fraction of sp³-hybridized carbons (Fsp3) is 0.533. The minimum absolute atomic E-state index is 0.0171. The summed E-state index contributed by atoms with van der Waals surface area (Å²) < 4.78 is 0. The average Bonchev–Trinajstić information content (AvgIpc) is 3.13. The molecule has 0 spiro atoms. The van der Waals surface area contributed by atoms with Crippen LogP contribution in [0.5, 0.6) is 0 Å². The summed E-state index contributed by atoms with van der Waals surface area (Å²) in [4.78, 5) is 12.3. The number of anilines is 1. The topological polar surface area (TPSA) is 41.1 Å². The van der Waals surface area contributed by atoms with E-state index in [1.807, 2.05) is 31.2 Å². The van der Waals surface area contributed by atoms with Gasteiger partial charge in [-0.15, -0.1) is 0 Å². The standard InChI is InChI=1S/C15H22N2O/c1-4-16-13-8-6-5-7-12(13)14(18)17-15(2,3)11-9-10-11/h5-8,11,16H,4,9-10H2,1-3H3,(H,17,18). The van der Waals surface area contributed by atoms with Crippen LogP contribution in [0.25, 0.3) is 0 Å². The van der Waals surface area contributed by atoms with Crippen LogP contribution in [-0.2, 0) is 0 Å². The van der Waals surface area contributed by atoms with Gasteiger partial charge in [0, 0.05) is 17.8 Å². The first-order valence-corrected chi connectivity index (χ1v) is 6.70. The highest BCUT2D eigenvalue weighted by atomic mass is 16.1. The number of para-hydroxylation sites is 1. The highest BCUT2D eigenvalue weighted by Gasteiger charge is 2.39. The van der Waals surface area contributed by atoms with Crippen LogP contribution in [0.4, 0.5) is 5.69 Å². The highest BCUT2D eigenvalue weighted by Crippen LogP contribution is 2.39. The molecule has 0 aliphatic heterocycles. The Hall–Kier alpha value is -1.51. The summed E-state index contributed by atoms with van der Waals surface area (Å²) in [7, 11) is 0. The molecule has 1 fully saturated rings. The number of amides is 1. The van der Waals surface area contributed by atoms with E-state index in [1.165, 1.54) is 12.8 Å². The molecule has 3 heteroatoms. The number of carbonyl (C=O) groups is 1. The van der Waals surface area contributed by atoms with Crippen LogP contribution in [0.2, 0.25) is 0 Å². The SMILES string of the molecule is CCNc1ccccc1C(=O)NC(C)(C)C1CC1. The molecule has 1 aliphatic carbocycles. The van der Waals surface area contributed by atoms with Gasteiger partial charge in [-0.2, -0.15) is 0 Å². The number of benzene rings is 1. The van der Waals surface area contributed by atoms with Crippen LogP contribution in [0.1, 0.15) is 44.0 Å². The Kier molecular flexibility index (Phi) is 3.60. The molecule has 1 aromatic rings. The minimum Gasteiger partial charge on any atom is -0.385 e. The van der Waals surface area contributed by atoms with Gasteiger partial charge in [0.2, 0.25) is 0 Å². The van der Waals surface area contributed by atoms with Crippen LogP contribution in [-0.4, -0.2) is 18.0 Å². The molecule has 1 amide bonds. The van der Waals surface area contributed by atoms with Gasteiger partial charge in [-0.25, -0.2) is 0 Å². The van der Waals surface area contributed by atoms with Crippen molar-refractivity contribution in [2.45, 2.75) is 39.2 Å². The van der Waals surface area contributed by atoms with Gasteiger partial charge in [-0.1, -0.05) is 12.1 Å². The Morgan fingerprint density at radius 2 is 2.00 bits per heavy atom. The quantitative estimate of drug-likeness (QED) is 0.838. The lowest BCUT2D eigenvalue weighted by molar-refractivity contribution is 0.0904. The second kappa shape index (κ2) is 5.01. The van der Waals surface area contributed by atoms with Crippen molar-refractivity contribution in [2.24, 2.45) is 5.92 Å². The highest BCUT2D eigenvalue weighted by molar-refractivity contribution is 6.00. The fourth-order valence-corrected chi connectivity index (χ4v) is 2.29. The Bertz CT molecular complexity index is 436. The normalized spacial score (nSPS) is 15.3. The number of rotatable bonds is 5.